The van der Waals surface area contributed by atoms with E-state index >= 15 is 0 Å². The summed E-state index contributed by atoms with van der Waals surface area (Å²) in [5.41, 5.74) is 2.90. The SMILES string of the molecule is COCCN(C)C(=O)c1cc2ccccc2c(NN)n1. The lowest BCUT2D eigenvalue weighted by Gasteiger charge is -2.17. The van der Waals surface area contributed by atoms with E-state index in [-0.39, 0.29) is 5.91 Å². The summed E-state index contributed by atoms with van der Waals surface area (Å²) < 4.78 is 4.97. The van der Waals surface area contributed by atoms with E-state index in [4.69, 9.17) is 10.6 Å². The number of aromatic nitrogens is 1. The molecule has 0 saturated heterocycles. The average molecular weight is 274 g/mol. The van der Waals surface area contributed by atoms with E-state index < -0.39 is 0 Å². The molecule has 1 aromatic carbocycles. The van der Waals surface area contributed by atoms with Crippen LogP contribution in [0.5, 0.6) is 0 Å². The fraction of sp³-hybridized carbons (Fsp3) is 0.286. The normalized spacial score (nSPS) is 10.6. The predicted octanol–water partition coefficient (Wildman–Crippen LogP) is 1.24. The molecule has 1 amide bonds. The number of hydrogen-bond acceptors (Lipinski definition) is 5. The van der Waals surface area contributed by atoms with Crippen molar-refractivity contribution in [3.8, 4) is 0 Å². The first-order chi connectivity index (χ1) is 9.67. The molecule has 0 spiro atoms. The first kappa shape index (κ1) is 14.2. The van der Waals surface area contributed by atoms with E-state index in [1.165, 1.54) is 0 Å². The van der Waals surface area contributed by atoms with Crippen LogP contribution in [0.1, 0.15) is 10.5 Å². The van der Waals surface area contributed by atoms with Gasteiger partial charge in [-0.05, 0) is 11.5 Å². The number of ether oxygens (including phenoxy) is 1. The minimum Gasteiger partial charge on any atom is -0.383 e. The summed E-state index contributed by atoms with van der Waals surface area (Å²) in [6.07, 6.45) is 0. The maximum absolute atomic E-state index is 12.3. The molecule has 0 atom stereocenters. The molecular formula is C14H18N4O2. The van der Waals surface area contributed by atoms with E-state index in [2.05, 4.69) is 10.4 Å². The van der Waals surface area contributed by atoms with Gasteiger partial charge in [0.15, 0.2) is 0 Å². The molecule has 2 rings (SSSR count). The summed E-state index contributed by atoms with van der Waals surface area (Å²) in [6, 6.07) is 9.40. The molecule has 1 aromatic heterocycles. The molecule has 20 heavy (non-hydrogen) atoms. The number of likely N-dealkylation sites (N-methyl/N-ethyl adjacent to an activating group) is 1. The summed E-state index contributed by atoms with van der Waals surface area (Å²) in [5.74, 6) is 5.81. The van der Waals surface area contributed by atoms with Crippen molar-refractivity contribution in [3.63, 3.8) is 0 Å². The number of hydrazine groups is 1. The molecule has 6 nitrogen and oxygen atoms in total. The minimum absolute atomic E-state index is 0.163. The number of carbonyl (C=O) groups excluding carboxylic acids is 1. The Bertz CT molecular complexity index is 615. The zero-order valence-corrected chi connectivity index (χ0v) is 11.6. The van der Waals surface area contributed by atoms with Crippen LogP contribution in [-0.4, -0.2) is 43.1 Å². The number of anilines is 1. The Hall–Kier alpha value is -2.18. The van der Waals surface area contributed by atoms with Gasteiger partial charge in [-0.1, -0.05) is 24.3 Å². The number of methoxy groups -OCH3 is 1. The van der Waals surface area contributed by atoms with Crippen molar-refractivity contribution < 1.29 is 9.53 Å². The lowest BCUT2D eigenvalue weighted by molar-refractivity contribution is 0.0739. The third-order valence-corrected chi connectivity index (χ3v) is 3.07. The minimum atomic E-state index is -0.163. The number of nitrogens with one attached hydrogen (secondary N) is 1. The molecular weight excluding hydrogens is 256 g/mol. The van der Waals surface area contributed by atoms with Gasteiger partial charge in [0.25, 0.3) is 5.91 Å². The Morgan fingerprint density at radius 2 is 2.20 bits per heavy atom. The van der Waals surface area contributed by atoms with Crippen molar-refractivity contribution in [2.75, 3.05) is 32.7 Å². The summed E-state index contributed by atoms with van der Waals surface area (Å²) in [4.78, 5) is 18.2. The Labute approximate surface area is 117 Å². The van der Waals surface area contributed by atoms with E-state index in [1.807, 2.05) is 24.3 Å². The summed E-state index contributed by atoms with van der Waals surface area (Å²) in [6.45, 7) is 0.993. The predicted molar refractivity (Wildman–Crippen MR) is 78.4 cm³/mol. The van der Waals surface area contributed by atoms with Crippen LogP contribution in [0.15, 0.2) is 30.3 Å². The van der Waals surface area contributed by atoms with E-state index in [0.717, 1.165) is 10.8 Å². The number of rotatable bonds is 5. The zero-order valence-electron chi connectivity index (χ0n) is 11.6. The number of nitrogens with two attached hydrogens (primary N) is 1. The largest absolute Gasteiger partial charge is 0.383 e. The van der Waals surface area contributed by atoms with Crippen molar-refractivity contribution >= 4 is 22.5 Å². The molecule has 0 fully saturated rings. The molecule has 106 valence electrons. The topological polar surface area (TPSA) is 80.5 Å². The van der Waals surface area contributed by atoms with Crippen LogP contribution in [-0.2, 0) is 4.74 Å². The summed E-state index contributed by atoms with van der Waals surface area (Å²) in [5, 5.41) is 1.80. The number of benzene rings is 1. The summed E-state index contributed by atoms with van der Waals surface area (Å²) in [7, 11) is 3.32. The molecule has 1 heterocycles. The van der Waals surface area contributed by atoms with Crippen LogP contribution in [0.3, 0.4) is 0 Å². The Morgan fingerprint density at radius 1 is 1.45 bits per heavy atom. The van der Waals surface area contributed by atoms with E-state index in [1.54, 1.807) is 25.1 Å². The molecule has 0 unspecified atom stereocenters. The smallest absolute Gasteiger partial charge is 0.272 e. The Balaban J connectivity index is 2.37. The molecule has 6 heteroatoms. The maximum Gasteiger partial charge on any atom is 0.272 e. The number of nitrogen functional groups attached to an aromatic ring is 1. The first-order valence-electron chi connectivity index (χ1n) is 6.28. The fourth-order valence-corrected chi connectivity index (χ4v) is 1.94. The second-order valence-electron chi connectivity index (χ2n) is 4.44. The number of pyridine rings is 1. The highest BCUT2D eigenvalue weighted by Crippen LogP contribution is 2.22. The van der Waals surface area contributed by atoms with Gasteiger partial charge >= 0.3 is 0 Å². The van der Waals surface area contributed by atoms with Crippen molar-refractivity contribution in [2.24, 2.45) is 5.84 Å². The highest BCUT2D eigenvalue weighted by molar-refractivity contribution is 6.00. The number of carbonyl (C=O) groups is 1. The van der Waals surface area contributed by atoms with Gasteiger partial charge in [-0.2, -0.15) is 0 Å². The van der Waals surface area contributed by atoms with Crippen LogP contribution in [0.25, 0.3) is 10.8 Å². The Kier molecular flexibility index (Phi) is 4.49. The van der Waals surface area contributed by atoms with Crippen LogP contribution < -0.4 is 11.3 Å². The second-order valence-corrected chi connectivity index (χ2v) is 4.44. The maximum atomic E-state index is 12.3. The van der Waals surface area contributed by atoms with Crippen molar-refractivity contribution in [3.05, 3.63) is 36.0 Å². The van der Waals surface area contributed by atoms with Gasteiger partial charge < -0.3 is 15.1 Å². The van der Waals surface area contributed by atoms with Crippen molar-refractivity contribution in [2.45, 2.75) is 0 Å². The molecule has 3 N–H and O–H groups in total. The highest BCUT2D eigenvalue weighted by Gasteiger charge is 2.15. The van der Waals surface area contributed by atoms with Crippen LogP contribution >= 0.6 is 0 Å². The van der Waals surface area contributed by atoms with Crippen molar-refractivity contribution in [1.29, 1.82) is 0 Å². The van der Waals surface area contributed by atoms with E-state index in [0.29, 0.717) is 24.7 Å². The van der Waals surface area contributed by atoms with Crippen molar-refractivity contribution in [1.82, 2.24) is 9.88 Å². The lowest BCUT2D eigenvalue weighted by Crippen LogP contribution is -2.30. The molecule has 2 aromatic rings. The number of nitrogens with zero attached hydrogens (tertiary/aromatic N) is 2. The average Bonchev–Trinajstić information content (AvgIpc) is 2.50. The molecule has 0 aliphatic rings. The highest BCUT2D eigenvalue weighted by atomic mass is 16.5. The molecule has 0 radical (unpaired) electrons. The van der Waals surface area contributed by atoms with Gasteiger partial charge in [0.05, 0.1) is 6.61 Å². The second kappa shape index (κ2) is 6.31. The molecule has 0 aliphatic heterocycles. The van der Waals surface area contributed by atoms with Gasteiger partial charge in [0.1, 0.15) is 11.5 Å². The molecule has 0 bridgehead atoms. The first-order valence-corrected chi connectivity index (χ1v) is 6.28. The van der Waals surface area contributed by atoms with E-state index in [9.17, 15) is 4.79 Å². The zero-order chi connectivity index (χ0) is 14.5. The molecule has 0 saturated carbocycles. The van der Waals surface area contributed by atoms with Gasteiger partial charge in [0, 0.05) is 26.1 Å². The number of fused-ring (bicyclic) bond motifs is 1. The number of amides is 1. The quantitative estimate of drug-likeness (QED) is 0.633. The fourth-order valence-electron chi connectivity index (χ4n) is 1.94. The standard InChI is InChI=1S/C14H18N4O2/c1-18(7-8-20-2)14(19)12-9-10-5-3-4-6-11(10)13(16-12)17-15/h3-6,9H,7-8,15H2,1-2H3,(H,16,17). The Morgan fingerprint density at radius 3 is 2.90 bits per heavy atom. The third-order valence-electron chi connectivity index (χ3n) is 3.07. The van der Waals surface area contributed by atoms with Crippen LogP contribution in [0, 0.1) is 0 Å². The van der Waals surface area contributed by atoms with Gasteiger partial charge in [-0.25, -0.2) is 10.8 Å². The van der Waals surface area contributed by atoms with Gasteiger partial charge in [0.2, 0.25) is 0 Å². The summed E-state index contributed by atoms with van der Waals surface area (Å²) >= 11 is 0. The van der Waals surface area contributed by atoms with Crippen LogP contribution in [0.2, 0.25) is 0 Å². The van der Waals surface area contributed by atoms with Crippen LogP contribution in [0.4, 0.5) is 5.82 Å². The third kappa shape index (κ3) is 2.87. The lowest BCUT2D eigenvalue weighted by atomic mass is 10.1. The van der Waals surface area contributed by atoms with Gasteiger partial charge in [-0.15, -0.1) is 0 Å². The molecule has 0 aliphatic carbocycles. The van der Waals surface area contributed by atoms with Gasteiger partial charge in [-0.3, -0.25) is 4.79 Å². The monoisotopic (exact) mass is 274 g/mol. The number of hydrogen-bond donors (Lipinski definition) is 2.